The second-order valence-corrected chi connectivity index (χ2v) is 6.66. The Balaban J connectivity index is 1.60. The zero-order chi connectivity index (χ0) is 16.9. The first-order valence-electron chi connectivity index (χ1n) is 8.00. The SMILES string of the molecule is Cc1cc(N2CCCC2)nc(NC(=S)NCc2ccc(Cl)cc2)n1. The van der Waals surface area contributed by atoms with Crippen LogP contribution in [0.5, 0.6) is 0 Å². The molecule has 0 atom stereocenters. The van der Waals surface area contributed by atoms with E-state index in [0.717, 1.165) is 35.2 Å². The largest absolute Gasteiger partial charge is 0.358 e. The highest BCUT2D eigenvalue weighted by Crippen LogP contribution is 2.19. The Hall–Kier alpha value is -1.92. The van der Waals surface area contributed by atoms with Crippen molar-refractivity contribution in [2.75, 3.05) is 23.3 Å². The highest BCUT2D eigenvalue weighted by molar-refractivity contribution is 7.80. The summed E-state index contributed by atoms with van der Waals surface area (Å²) < 4.78 is 0. The molecule has 0 spiro atoms. The zero-order valence-electron chi connectivity index (χ0n) is 13.6. The van der Waals surface area contributed by atoms with E-state index in [9.17, 15) is 0 Å². The highest BCUT2D eigenvalue weighted by atomic mass is 35.5. The maximum absolute atomic E-state index is 5.89. The Morgan fingerprint density at radius 2 is 1.92 bits per heavy atom. The Morgan fingerprint density at radius 3 is 2.62 bits per heavy atom. The van der Waals surface area contributed by atoms with E-state index < -0.39 is 0 Å². The summed E-state index contributed by atoms with van der Waals surface area (Å²) in [6.07, 6.45) is 2.43. The lowest BCUT2D eigenvalue weighted by molar-refractivity contribution is 0.911. The van der Waals surface area contributed by atoms with Gasteiger partial charge in [0.2, 0.25) is 5.95 Å². The molecule has 1 saturated heterocycles. The number of nitrogens with zero attached hydrogens (tertiary/aromatic N) is 3. The molecule has 1 aliphatic rings. The van der Waals surface area contributed by atoms with Gasteiger partial charge >= 0.3 is 0 Å². The average Bonchev–Trinajstić information content (AvgIpc) is 3.08. The van der Waals surface area contributed by atoms with Crippen LogP contribution >= 0.6 is 23.8 Å². The Kier molecular flexibility index (Phi) is 5.48. The molecule has 3 rings (SSSR count). The molecule has 0 amide bonds. The van der Waals surface area contributed by atoms with Crippen molar-refractivity contribution in [1.82, 2.24) is 15.3 Å². The second kappa shape index (κ2) is 7.77. The molecule has 1 aromatic carbocycles. The molecular weight excluding hydrogens is 342 g/mol. The summed E-state index contributed by atoms with van der Waals surface area (Å²) in [5, 5.41) is 7.46. The molecular formula is C17H20ClN5S. The summed E-state index contributed by atoms with van der Waals surface area (Å²) >= 11 is 11.2. The summed E-state index contributed by atoms with van der Waals surface area (Å²) in [4.78, 5) is 11.3. The van der Waals surface area contributed by atoms with Crippen molar-refractivity contribution < 1.29 is 0 Å². The molecule has 1 fully saturated rings. The molecule has 126 valence electrons. The molecule has 0 unspecified atom stereocenters. The maximum atomic E-state index is 5.89. The number of halogens is 1. The molecule has 1 aromatic heterocycles. The first-order valence-corrected chi connectivity index (χ1v) is 8.79. The summed E-state index contributed by atoms with van der Waals surface area (Å²) in [6.45, 7) is 4.69. The van der Waals surface area contributed by atoms with Gasteiger partial charge in [-0.1, -0.05) is 23.7 Å². The van der Waals surface area contributed by atoms with Gasteiger partial charge in [-0.25, -0.2) is 4.98 Å². The number of nitrogens with one attached hydrogen (secondary N) is 2. The fourth-order valence-electron chi connectivity index (χ4n) is 2.65. The summed E-state index contributed by atoms with van der Waals surface area (Å²) in [5.74, 6) is 1.49. The standard InChI is InChI=1S/C17H20ClN5S/c1-12-10-15(23-8-2-3-9-23)21-16(20-12)22-17(24)19-11-13-4-6-14(18)7-5-13/h4-7,10H,2-3,8-9,11H2,1H3,(H2,19,20,21,22,24). The maximum Gasteiger partial charge on any atom is 0.231 e. The van der Waals surface area contributed by atoms with E-state index in [-0.39, 0.29) is 0 Å². The molecule has 2 heterocycles. The molecule has 2 aromatic rings. The smallest absolute Gasteiger partial charge is 0.231 e. The van der Waals surface area contributed by atoms with Crippen molar-refractivity contribution in [3.05, 3.63) is 46.6 Å². The number of aromatic nitrogens is 2. The van der Waals surface area contributed by atoms with E-state index in [4.69, 9.17) is 23.8 Å². The van der Waals surface area contributed by atoms with Gasteiger partial charge in [0.25, 0.3) is 0 Å². The van der Waals surface area contributed by atoms with Crippen LogP contribution < -0.4 is 15.5 Å². The molecule has 24 heavy (non-hydrogen) atoms. The third-order valence-electron chi connectivity index (χ3n) is 3.86. The molecule has 5 nitrogen and oxygen atoms in total. The number of rotatable bonds is 4. The van der Waals surface area contributed by atoms with Crippen molar-refractivity contribution in [3.8, 4) is 0 Å². The minimum atomic E-state index is 0.503. The number of thiocarbonyl (C=S) groups is 1. The van der Waals surface area contributed by atoms with Crippen molar-refractivity contribution in [2.24, 2.45) is 0 Å². The number of anilines is 2. The number of hydrogen-bond donors (Lipinski definition) is 2. The molecule has 7 heteroatoms. The van der Waals surface area contributed by atoms with E-state index in [1.807, 2.05) is 37.3 Å². The predicted molar refractivity (Wildman–Crippen MR) is 103 cm³/mol. The van der Waals surface area contributed by atoms with Crippen LogP contribution in [-0.4, -0.2) is 28.2 Å². The summed E-state index contributed by atoms with van der Waals surface area (Å²) in [5.41, 5.74) is 2.03. The van der Waals surface area contributed by atoms with Gasteiger partial charge in [-0.3, -0.25) is 0 Å². The van der Waals surface area contributed by atoms with Crippen LogP contribution in [0.25, 0.3) is 0 Å². The van der Waals surface area contributed by atoms with Crippen LogP contribution in [0.2, 0.25) is 5.02 Å². The third kappa shape index (κ3) is 4.55. The van der Waals surface area contributed by atoms with Crippen molar-refractivity contribution in [3.63, 3.8) is 0 Å². The van der Waals surface area contributed by atoms with Crippen LogP contribution in [0.15, 0.2) is 30.3 Å². The van der Waals surface area contributed by atoms with Crippen molar-refractivity contribution in [2.45, 2.75) is 26.3 Å². The fraction of sp³-hybridized carbons (Fsp3) is 0.353. The van der Waals surface area contributed by atoms with E-state index in [1.165, 1.54) is 12.8 Å². The lowest BCUT2D eigenvalue weighted by Crippen LogP contribution is -2.29. The van der Waals surface area contributed by atoms with Gasteiger partial charge in [-0.2, -0.15) is 4.98 Å². The highest BCUT2D eigenvalue weighted by Gasteiger charge is 2.15. The van der Waals surface area contributed by atoms with Crippen LogP contribution in [0.4, 0.5) is 11.8 Å². The molecule has 0 aliphatic carbocycles. The van der Waals surface area contributed by atoms with Crippen molar-refractivity contribution in [1.29, 1.82) is 0 Å². The van der Waals surface area contributed by atoms with Gasteiger partial charge in [0, 0.05) is 36.4 Å². The minimum absolute atomic E-state index is 0.503. The lowest BCUT2D eigenvalue weighted by Gasteiger charge is -2.18. The fourth-order valence-corrected chi connectivity index (χ4v) is 2.94. The Bertz CT molecular complexity index is 713. The zero-order valence-corrected chi connectivity index (χ0v) is 15.1. The van der Waals surface area contributed by atoms with Gasteiger partial charge in [-0.15, -0.1) is 0 Å². The number of benzene rings is 1. The Labute approximate surface area is 152 Å². The van der Waals surface area contributed by atoms with Crippen molar-refractivity contribution >= 4 is 40.7 Å². The normalized spacial score (nSPS) is 13.8. The van der Waals surface area contributed by atoms with Crippen LogP contribution in [-0.2, 0) is 6.54 Å². The topological polar surface area (TPSA) is 53.1 Å². The van der Waals surface area contributed by atoms with Gasteiger partial charge in [0.05, 0.1) is 0 Å². The van der Waals surface area contributed by atoms with Crippen LogP contribution in [0.1, 0.15) is 24.1 Å². The second-order valence-electron chi connectivity index (χ2n) is 5.82. The lowest BCUT2D eigenvalue weighted by atomic mass is 10.2. The molecule has 0 bridgehead atoms. The average molecular weight is 362 g/mol. The first-order chi connectivity index (χ1) is 11.6. The Morgan fingerprint density at radius 1 is 1.21 bits per heavy atom. The van der Waals surface area contributed by atoms with Gasteiger partial charge < -0.3 is 15.5 Å². The van der Waals surface area contributed by atoms with Gasteiger partial charge in [-0.05, 0) is 49.7 Å². The summed E-state index contributed by atoms with van der Waals surface area (Å²) in [7, 11) is 0. The van der Waals surface area contributed by atoms with E-state index in [1.54, 1.807) is 0 Å². The molecule has 0 radical (unpaired) electrons. The minimum Gasteiger partial charge on any atom is -0.358 e. The van der Waals surface area contributed by atoms with Crippen LogP contribution in [0.3, 0.4) is 0 Å². The molecule has 1 aliphatic heterocycles. The first kappa shape index (κ1) is 16.9. The number of hydrogen-bond acceptors (Lipinski definition) is 4. The number of aryl methyl sites for hydroxylation is 1. The summed E-state index contributed by atoms with van der Waals surface area (Å²) in [6, 6.07) is 9.67. The van der Waals surface area contributed by atoms with E-state index >= 15 is 0 Å². The van der Waals surface area contributed by atoms with E-state index in [2.05, 4.69) is 25.5 Å². The quantitative estimate of drug-likeness (QED) is 0.812. The van der Waals surface area contributed by atoms with E-state index in [0.29, 0.717) is 17.6 Å². The molecule has 2 N–H and O–H groups in total. The van der Waals surface area contributed by atoms with Gasteiger partial charge in [0.15, 0.2) is 5.11 Å². The monoisotopic (exact) mass is 361 g/mol. The van der Waals surface area contributed by atoms with Crippen LogP contribution in [0, 0.1) is 6.92 Å². The third-order valence-corrected chi connectivity index (χ3v) is 4.36. The molecule has 0 saturated carbocycles. The predicted octanol–water partition coefficient (Wildman–Crippen LogP) is 3.53. The van der Waals surface area contributed by atoms with Gasteiger partial charge in [0.1, 0.15) is 5.82 Å².